The van der Waals surface area contributed by atoms with Crippen LogP contribution in [0.4, 0.5) is 0 Å². The predicted octanol–water partition coefficient (Wildman–Crippen LogP) is 5.63. The van der Waals surface area contributed by atoms with E-state index in [0.29, 0.717) is 13.2 Å². The first-order valence-electron chi connectivity index (χ1n) is 17.3. The molecule has 49 heavy (non-hydrogen) atoms. The van der Waals surface area contributed by atoms with Crippen LogP contribution in [0.3, 0.4) is 0 Å². The number of hydrogen-bond donors (Lipinski definition) is 2. The summed E-state index contributed by atoms with van der Waals surface area (Å²) in [6.45, 7) is 18.3. The molecule has 1 aliphatic heterocycles. The number of aliphatic hydroxyl groups is 2. The fourth-order valence-electron chi connectivity index (χ4n) is 6.86. The first kappa shape index (κ1) is 38.9. The second-order valence-corrected chi connectivity index (χ2v) is 23.8. The second kappa shape index (κ2) is 16.4. The van der Waals surface area contributed by atoms with Crippen LogP contribution in [0.5, 0.6) is 0 Å². The molecule has 0 saturated carbocycles. The Morgan fingerprint density at radius 3 is 1.29 bits per heavy atom. The predicted molar refractivity (Wildman–Crippen MR) is 205 cm³/mol. The van der Waals surface area contributed by atoms with E-state index in [9.17, 15) is 5.11 Å². The second-order valence-electron chi connectivity index (χ2n) is 15.2. The molecule has 1 aliphatic rings. The maximum Gasteiger partial charge on any atom is 0.261 e. The van der Waals surface area contributed by atoms with Crippen LogP contribution in [0, 0.1) is 0 Å². The average molecular weight is 701 g/mol. The normalized spacial score (nSPS) is 17.2. The van der Waals surface area contributed by atoms with Gasteiger partial charge in [0.05, 0.1) is 32.5 Å². The number of rotatable bonds is 11. The van der Waals surface area contributed by atoms with Crippen LogP contribution < -0.4 is 20.7 Å². The SMILES string of the molecule is CC(C)(C)[Si](OC[C@H](O)CO)(c1ccccc1)c1ccccc1.CC1(C)OC[C@H](CO[Si](c2ccccc2)(c2ccccc2)C(C)(C)C)O1. The van der Waals surface area contributed by atoms with Gasteiger partial charge in [-0.2, -0.15) is 0 Å². The van der Waals surface area contributed by atoms with Crippen molar-refractivity contribution < 1.29 is 28.5 Å². The van der Waals surface area contributed by atoms with Gasteiger partial charge < -0.3 is 28.5 Å². The molecule has 6 nitrogen and oxygen atoms in total. The van der Waals surface area contributed by atoms with Gasteiger partial charge in [0.25, 0.3) is 16.6 Å². The lowest BCUT2D eigenvalue weighted by Gasteiger charge is -2.43. The number of aliphatic hydroxyl groups excluding tert-OH is 2. The fraction of sp³-hybridized carbons (Fsp3) is 0.415. The third kappa shape index (κ3) is 9.06. The first-order valence-corrected chi connectivity index (χ1v) is 21.1. The molecule has 1 heterocycles. The Kier molecular flexibility index (Phi) is 13.0. The molecule has 5 rings (SSSR count). The van der Waals surface area contributed by atoms with Gasteiger partial charge in [0.2, 0.25) is 0 Å². The maximum absolute atomic E-state index is 9.83. The Morgan fingerprint density at radius 2 is 1.00 bits per heavy atom. The van der Waals surface area contributed by atoms with Crippen molar-refractivity contribution in [2.24, 2.45) is 0 Å². The minimum absolute atomic E-state index is 0.0231. The first-order chi connectivity index (χ1) is 23.2. The third-order valence-electron chi connectivity index (χ3n) is 9.09. The topological polar surface area (TPSA) is 77.4 Å². The van der Waals surface area contributed by atoms with E-state index in [1.807, 2.05) is 50.2 Å². The molecule has 1 saturated heterocycles. The Hall–Kier alpha value is -2.93. The van der Waals surface area contributed by atoms with Crippen molar-refractivity contribution in [1.29, 1.82) is 0 Å². The lowest BCUT2D eigenvalue weighted by Crippen LogP contribution is -2.67. The zero-order chi connectivity index (χ0) is 35.8. The average Bonchev–Trinajstić information content (AvgIpc) is 3.44. The van der Waals surface area contributed by atoms with E-state index in [1.165, 1.54) is 20.7 Å². The monoisotopic (exact) mass is 700 g/mol. The minimum atomic E-state index is -2.60. The highest BCUT2D eigenvalue weighted by molar-refractivity contribution is 7.00. The maximum atomic E-state index is 9.83. The number of hydrogen-bond acceptors (Lipinski definition) is 6. The van der Waals surface area contributed by atoms with Crippen molar-refractivity contribution in [2.75, 3.05) is 26.4 Å². The molecule has 264 valence electrons. The summed E-state index contributed by atoms with van der Waals surface area (Å²) in [7, 11) is -5.10. The molecule has 1 fully saturated rings. The molecule has 8 heteroatoms. The Balaban J connectivity index is 0.000000223. The van der Waals surface area contributed by atoms with Gasteiger partial charge in [-0.05, 0) is 44.7 Å². The largest absolute Gasteiger partial charge is 0.405 e. The van der Waals surface area contributed by atoms with E-state index in [2.05, 4.69) is 126 Å². The minimum Gasteiger partial charge on any atom is -0.405 e. The van der Waals surface area contributed by atoms with Gasteiger partial charge in [-0.1, -0.05) is 163 Å². The van der Waals surface area contributed by atoms with Gasteiger partial charge >= 0.3 is 0 Å². The standard InChI is InChI=1S/C22H30O3Si.C19H26O3Si/c1-21(2,3)26(19-12-8-6-9-13-19,20-14-10-7-11-15-20)24-17-18-16-23-22(4,5)25-18;1-19(2,3)23(22-15-16(21)14-20,17-10-6-4-7-11-17)18-12-8-5-9-13-18/h6-15,18H,16-17H2,1-5H3;4-13,16,20-21H,14-15H2,1-3H3/t18-;16-/m11/s1. The van der Waals surface area contributed by atoms with Crippen molar-refractivity contribution in [1.82, 2.24) is 0 Å². The highest BCUT2D eigenvalue weighted by atomic mass is 28.4. The highest BCUT2D eigenvalue weighted by Gasteiger charge is 2.52. The number of benzene rings is 4. The van der Waals surface area contributed by atoms with Crippen LogP contribution in [-0.4, -0.2) is 71.3 Å². The van der Waals surface area contributed by atoms with Crippen molar-refractivity contribution in [2.45, 2.75) is 83.5 Å². The van der Waals surface area contributed by atoms with Crippen LogP contribution in [0.15, 0.2) is 121 Å². The van der Waals surface area contributed by atoms with E-state index in [0.717, 1.165) is 0 Å². The molecule has 0 aliphatic carbocycles. The van der Waals surface area contributed by atoms with Gasteiger partial charge in [-0.3, -0.25) is 0 Å². The lowest BCUT2D eigenvalue weighted by atomic mass is 10.2. The third-order valence-corrected chi connectivity index (χ3v) is 19.1. The Labute approximate surface area is 296 Å². The molecule has 0 radical (unpaired) electrons. The molecule has 2 atom stereocenters. The zero-order valence-corrected chi connectivity index (χ0v) is 32.6. The Morgan fingerprint density at radius 1 is 0.653 bits per heavy atom. The molecule has 4 aromatic rings. The van der Waals surface area contributed by atoms with E-state index >= 15 is 0 Å². The molecule has 0 amide bonds. The molecular weight excluding hydrogens is 645 g/mol. The summed E-state index contributed by atoms with van der Waals surface area (Å²) in [4.78, 5) is 0. The molecular formula is C41H56O6Si2. The molecule has 4 aromatic carbocycles. The van der Waals surface area contributed by atoms with Crippen molar-refractivity contribution in [3.05, 3.63) is 121 Å². The van der Waals surface area contributed by atoms with E-state index in [-0.39, 0.29) is 29.4 Å². The van der Waals surface area contributed by atoms with Gasteiger partial charge in [-0.25, -0.2) is 0 Å². The van der Waals surface area contributed by atoms with Gasteiger partial charge in [-0.15, -0.1) is 0 Å². The molecule has 0 bridgehead atoms. The van der Waals surface area contributed by atoms with Gasteiger partial charge in [0.15, 0.2) is 5.79 Å². The summed E-state index contributed by atoms with van der Waals surface area (Å²) in [5.41, 5.74) is 0. The summed E-state index contributed by atoms with van der Waals surface area (Å²) in [6.07, 6.45) is -0.900. The van der Waals surface area contributed by atoms with Crippen LogP contribution in [0.2, 0.25) is 10.1 Å². The fourth-order valence-corrected chi connectivity index (χ4v) is 16.0. The van der Waals surface area contributed by atoms with Crippen molar-refractivity contribution in [3.63, 3.8) is 0 Å². The molecule has 0 unspecified atom stereocenters. The van der Waals surface area contributed by atoms with Crippen LogP contribution in [0.1, 0.15) is 55.4 Å². The van der Waals surface area contributed by atoms with E-state index < -0.39 is 28.5 Å². The lowest BCUT2D eigenvalue weighted by molar-refractivity contribution is -0.141. The summed E-state index contributed by atoms with van der Waals surface area (Å²) in [5, 5.41) is 23.8. The van der Waals surface area contributed by atoms with Crippen LogP contribution in [-0.2, 0) is 18.3 Å². The number of ether oxygens (including phenoxy) is 2. The van der Waals surface area contributed by atoms with Crippen LogP contribution in [0.25, 0.3) is 0 Å². The summed E-state index contributed by atoms with van der Waals surface area (Å²) >= 11 is 0. The van der Waals surface area contributed by atoms with Crippen LogP contribution >= 0.6 is 0 Å². The Bertz CT molecular complexity index is 1460. The molecule has 2 N–H and O–H groups in total. The van der Waals surface area contributed by atoms with E-state index in [4.69, 9.17) is 23.4 Å². The van der Waals surface area contributed by atoms with Crippen molar-refractivity contribution in [3.8, 4) is 0 Å². The van der Waals surface area contributed by atoms with Gasteiger partial charge in [0.1, 0.15) is 6.10 Å². The summed E-state index contributed by atoms with van der Waals surface area (Å²) in [5.74, 6) is -0.528. The van der Waals surface area contributed by atoms with Gasteiger partial charge in [0, 0.05) is 0 Å². The molecule has 0 aromatic heterocycles. The quantitative estimate of drug-likeness (QED) is 0.198. The molecule has 0 spiro atoms. The summed E-state index contributed by atoms with van der Waals surface area (Å²) < 4.78 is 25.1. The summed E-state index contributed by atoms with van der Waals surface area (Å²) in [6, 6.07) is 41.9. The highest BCUT2D eigenvalue weighted by Crippen LogP contribution is 2.38. The van der Waals surface area contributed by atoms with Crippen molar-refractivity contribution >= 4 is 37.4 Å². The zero-order valence-electron chi connectivity index (χ0n) is 30.6. The van der Waals surface area contributed by atoms with E-state index in [1.54, 1.807) is 0 Å². The smallest absolute Gasteiger partial charge is 0.261 e.